The summed E-state index contributed by atoms with van der Waals surface area (Å²) in [7, 11) is 0. The van der Waals surface area contributed by atoms with Crippen molar-refractivity contribution in [3.05, 3.63) is 93.5 Å². The molecule has 3 fully saturated rings. The number of nitrogens with one attached hydrogen (secondary N) is 2. The van der Waals surface area contributed by atoms with Crippen molar-refractivity contribution < 1.29 is 28.7 Å². The number of piperidine rings is 1. The highest BCUT2D eigenvalue weighted by Crippen LogP contribution is 2.55. The second kappa shape index (κ2) is 15.4. The van der Waals surface area contributed by atoms with Gasteiger partial charge in [0.15, 0.2) is 0 Å². The molecule has 13 heteroatoms. The zero-order valence-corrected chi connectivity index (χ0v) is 32.9. The Hall–Kier alpha value is -5.25. The van der Waals surface area contributed by atoms with E-state index in [9.17, 15) is 29.2 Å². The third kappa shape index (κ3) is 7.38. The number of amides is 5. The summed E-state index contributed by atoms with van der Waals surface area (Å²) < 4.78 is 6.38. The van der Waals surface area contributed by atoms with Gasteiger partial charge < -0.3 is 15.0 Å². The van der Waals surface area contributed by atoms with E-state index in [4.69, 9.17) is 16.3 Å². The van der Waals surface area contributed by atoms with E-state index >= 15 is 0 Å². The molecule has 1 saturated carbocycles. The predicted molar refractivity (Wildman–Crippen MR) is 211 cm³/mol. The van der Waals surface area contributed by atoms with Gasteiger partial charge in [0, 0.05) is 66.8 Å². The molecule has 3 heterocycles. The molecule has 3 aromatic carbocycles. The lowest BCUT2D eigenvalue weighted by atomic mass is 9.49. The molecule has 1 unspecified atom stereocenters. The summed E-state index contributed by atoms with van der Waals surface area (Å²) in [5, 5.41) is 15.1. The number of unbranched alkanes of at least 4 members (excludes halogenated alkanes) is 1. The van der Waals surface area contributed by atoms with E-state index in [1.54, 1.807) is 30.3 Å². The Morgan fingerprint density at radius 3 is 2.36 bits per heavy atom. The number of piperazine rings is 1. The molecule has 5 amide bonds. The van der Waals surface area contributed by atoms with Crippen molar-refractivity contribution in [3.63, 3.8) is 0 Å². The summed E-state index contributed by atoms with van der Waals surface area (Å²) >= 11 is 6.25. The fourth-order valence-electron chi connectivity index (χ4n) is 9.23. The Balaban J connectivity index is 0.862. The van der Waals surface area contributed by atoms with Crippen LogP contribution in [0, 0.1) is 22.2 Å². The molecule has 0 bridgehead atoms. The maximum atomic E-state index is 13.5. The SMILES string of the molecule is CC1(C)[C@H](NC(=O)c2cccc(CCCCN3CCN(c4ccc5c(c4)C(=O)N(C4CCC(=O)NC4=O)C5=O)CC3)c2)C(C)(C)[C@H]1Oc1ccc(C#N)c(Cl)c1. The average molecular weight is 779 g/mol. The fraction of sp³-hybridized carbons (Fsp3) is 0.442. The molecular weight excluding hydrogens is 732 g/mol. The molecule has 0 radical (unpaired) electrons. The van der Waals surface area contributed by atoms with Gasteiger partial charge in [0.25, 0.3) is 17.7 Å². The smallest absolute Gasteiger partial charge is 0.262 e. The zero-order chi connectivity index (χ0) is 39.9. The lowest BCUT2D eigenvalue weighted by Gasteiger charge is -2.63. The number of carbonyl (C=O) groups excluding carboxylic acids is 5. The van der Waals surface area contributed by atoms with Crippen molar-refractivity contribution in [1.29, 1.82) is 5.26 Å². The Bertz CT molecular complexity index is 2120. The average Bonchev–Trinajstić information content (AvgIpc) is 3.42. The van der Waals surface area contributed by atoms with E-state index < -0.39 is 29.7 Å². The minimum absolute atomic E-state index is 0.0858. The van der Waals surface area contributed by atoms with Crippen LogP contribution in [0.25, 0.3) is 0 Å². The van der Waals surface area contributed by atoms with Gasteiger partial charge in [-0.3, -0.25) is 39.1 Å². The molecule has 0 spiro atoms. The first-order valence-electron chi connectivity index (χ1n) is 19.3. The molecule has 292 valence electrons. The summed E-state index contributed by atoms with van der Waals surface area (Å²) in [5.74, 6) is -1.52. The quantitative estimate of drug-likeness (QED) is 0.193. The molecule has 56 heavy (non-hydrogen) atoms. The summed E-state index contributed by atoms with van der Waals surface area (Å²) in [5.41, 5.74) is 2.88. The maximum absolute atomic E-state index is 13.5. The molecule has 12 nitrogen and oxygen atoms in total. The number of ether oxygens (including phenoxy) is 1. The monoisotopic (exact) mass is 778 g/mol. The van der Waals surface area contributed by atoms with Gasteiger partial charge >= 0.3 is 0 Å². The number of carbonyl (C=O) groups is 5. The molecule has 3 aliphatic heterocycles. The van der Waals surface area contributed by atoms with E-state index in [0.29, 0.717) is 27.5 Å². The van der Waals surface area contributed by atoms with E-state index in [0.717, 1.165) is 68.1 Å². The van der Waals surface area contributed by atoms with Gasteiger partial charge in [-0.1, -0.05) is 51.4 Å². The first-order valence-corrected chi connectivity index (χ1v) is 19.7. The van der Waals surface area contributed by atoms with E-state index in [1.807, 2.05) is 24.3 Å². The van der Waals surface area contributed by atoms with Crippen molar-refractivity contribution in [2.75, 3.05) is 37.6 Å². The Morgan fingerprint density at radius 1 is 0.929 bits per heavy atom. The van der Waals surface area contributed by atoms with Crippen molar-refractivity contribution in [2.45, 2.75) is 78.0 Å². The van der Waals surface area contributed by atoms with Gasteiger partial charge in [-0.25, -0.2) is 0 Å². The Morgan fingerprint density at radius 2 is 1.66 bits per heavy atom. The second-order valence-electron chi connectivity index (χ2n) is 16.5. The predicted octanol–water partition coefficient (Wildman–Crippen LogP) is 5.37. The topological polar surface area (TPSA) is 152 Å². The lowest BCUT2D eigenvalue weighted by Crippen LogP contribution is -2.74. The fourth-order valence-corrected chi connectivity index (χ4v) is 9.44. The molecular formula is C43H47ClN6O6. The van der Waals surface area contributed by atoms with Crippen LogP contribution < -0.4 is 20.3 Å². The number of benzene rings is 3. The summed E-state index contributed by atoms with van der Waals surface area (Å²) in [6, 6.07) is 19.2. The van der Waals surface area contributed by atoms with Crippen LogP contribution in [0.3, 0.4) is 0 Å². The van der Waals surface area contributed by atoms with Gasteiger partial charge in [-0.2, -0.15) is 5.26 Å². The van der Waals surface area contributed by atoms with E-state index in [-0.39, 0.29) is 47.3 Å². The number of anilines is 1. The third-order valence-electron chi connectivity index (χ3n) is 12.0. The zero-order valence-electron chi connectivity index (χ0n) is 32.2. The minimum atomic E-state index is -0.980. The maximum Gasteiger partial charge on any atom is 0.262 e. The first kappa shape index (κ1) is 39.0. The number of imide groups is 2. The van der Waals surface area contributed by atoms with Crippen LogP contribution in [0.2, 0.25) is 5.02 Å². The van der Waals surface area contributed by atoms with Crippen LogP contribution in [-0.4, -0.2) is 90.2 Å². The van der Waals surface area contributed by atoms with E-state index in [2.05, 4.69) is 60.3 Å². The normalized spacial score (nSPS) is 22.9. The summed E-state index contributed by atoms with van der Waals surface area (Å²) in [6.07, 6.45) is 2.89. The molecule has 3 aromatic rings. The number of rotatable bonds is 11. The molecule has 1 atom stereocenters. The highest BCUT2D eigenvalue weighted by molar-refractivity contribution is 6.31. The van der Waals surface area contributed by atoms with Crippen LogP contribution in [0.4, 0.5) is 5.69 Å². The summed E-state index contributed by atoms with van der Waals surface area (Å²) in [6.45, 7) is 12.6. The Labute approximate surface area is 332 Å². The standard InChI is InChI=1S/C43H47ClN6O6/c1-42(2)40(43(3,4)41(42)56-30-13-11-28(25-45)33(44)24-30)47-36(52)27-10-7-9-26(22-27)8-5-6-17-48-18-20-49(21-19-48)29-12-14-31-32(23-29)39(55)50(38(31)54)34-15-16-35(51)46-37(34)53/h7,9-14,22-24,34,40-41H,5-6,8,15-21H2,1-4H3,(H,47,52)(H,46,51,53)/t34?,40-,41-. The molecule has 4 aliphatic rings. The van der Waals surface area contributed by atoms with Gasteiger partial charge in [0.05, 0.1) is 21.7 Å². The molecule has 7 rings (SSSR count). The summed E-state index contributed by atoms with van der Waals surface area (Å²) in [4.78, 5) is 69.6. The number of fused-ring (bicyclic) bond motifs is 1. The second-order valence-corrected chi connectivity index (χ2v) is 16.9. The van der Waals surface area contributed by atoms with Crippen molar-refractivity contribution in [1.82, 2.24) is 20.4 Å². The van der Waals surface area contributed by atoms with Crippen molar-refractivity contribution in [3.8, 4) is 11.8 Å². The first-order chi connectivity index (χ1) is 26.7. The van der Waals surface area contributed by atoms with Gasteiger partial charge in [-0.05, 0) is 80.3 Å². The highest BCUT2D eigenvalue weighted by atomic mass is 35.5. The number of halogens is 1. The molecule has 0 aromatic heterocycles. The van der Waals surface area contributed by atoms with Gasteiger partial charge in [0.2, 0.25) is 11.8 Å². The van der Waals surface area contributed by atoms with E-state index in [1.165, 1.54) is 0 Å². The van der Waals surface area contributed by atoms with Gasteiger partial charge in [0.1, 0.15) is 24.0 Å². The number of hydrogen-bond donors (Lipinski definition) is 2. The Kier molecular flexibility index (Phi) is 10.7. The highest BCUT2D eigenvalue weighted by Gasteiger charge is 2.64. The number of nitrogens with zero attached hydrogens (tertiary/aromatic N) is 4. The van der Waals surface area contributed by atoms with Crippen LogP contribution >= 0.6 is 11.6 Å². The number of hydrogen-bond acceptors (Lipinski definition) is 9. The van der Waals surface area contributed by atoms with Crippen LogP contribution in [-0.2, 0) is 16.0 Å². The van der Waals surface area contributed by atoms with Crippen LogP contribution in [0.5, 0.6) is 5.75 Å². The van der Waals surface area contributed by atoms with Crippen molar-refractivity contribution in [2.24, 2.45) is 10.8 Å². The minimum Gasteiger partial charge on any atom is -0.489 e. The molecule has 1 aliphatic carbocycles. The molecule has 2 N–H and O–H groups in total. The van der Waals surface area contributed by atoms with Gasteiger partial charge in [-0.15, -0.1) is 0 Å². The number of aryl methyl sites for hydroxylation is 1. The largest absolute Gasteiger partial charge is 0.489 e. The third-order valence-corrected chi connectivity index (χ3v) is 12.3. The molecule has 2 saturated heterocycles. The number of nitriles is 1. The lowest BCUT2D eigenvalue weighted by molar-refractivity contribution is -0.164. The van der Waals surface area contributed by atoms with Crippen LogP contribution in [0.15, 0.2) is 60.7 Å². The van der Waals surface area contributed by atoms with Crippen LogP contribution in [0.1, 0.15) is 95.6 Å². The van der Waals surface area contributed by atoms with Crippen molar-refractivity contribution >= 4 is 46.8 Å².